The highest BCUT2D eigenvalue weighted by Gasteiger charge is 2.18. The van der Waals surface area contributed by atoms with Gasteiger partial charge in [0.1, 0.15) is 6.54 Å². The highest BCUT2D eigenvalue weighted by molar-refractivity contribution is 6.12. The number of carbonyl (C=O) groups excluding carboxylic acids is 1. The molecule has 0 saturated heterocycles. The predicted octanol–water partition coefficient (Wildman–Crippen LogP) is 1.56. The third kappa shape index (κ3) is 2.64. The molecule has 8 heteroatoms. The minimum Gasteiger partial charge on any atom is -0.305 e. The molecule has 0 unspecified atom stereocenters. The SMILES string of the molecule is Cc1cc(C(=O)Nc2ccn(CC#N)n2)c2c(C)nn(C)c2n1. The van der Waals surface area contributed by atoms with Gasteiger partial charge in [-0.05, 0) is 19.9 Å². The molecular weight excluding hydrogens is 294 g/mol. The third-order valence-corrected chi connectivity index (χ3v) is 3.46. The van der Waals surface area contributed by atoms with E-state index < -0.39 is 0 Å². The number of nitrogens with one attached hydrogen (secondary N) is 1. The normalized spacial score (nSPS) is 10.7. The lowest BCUT2D eigenvalue weighted by molar-refractivity contribution is 0.102. The Labute approximate surface area is 132 Å². The molecule has 0 saturated carbocycles. The summed E-state index contributed by atoms with van der Waals surface area (Å²) in [4.78, 5) is 17.1. The number of anilines is 1. The van der Waals surface area contributed by atoms with Crippen LogP contribution in [0.5, 0.6) is 0 Å². The lowest BCUT2D eigenvalue weighted by atomic mass is 10.1. The third-order valence-electron chi connectivity index (χ3n) is 3.46. The Balaban J connectivity index is 1.99. The smallest absolute Gasteiger partial charge is 0.257 e. The van der Waals surface area contributed by atoms with Crippen LogP contribution in [0.4, 0.5) is 5.82 Å². The van der Waals surface area contributed by atoms with E-state index in [1.54, 1.807) is 30.1 Å². The molecule has 3 aromatic heterocycles. The largest absolute Gasteiger partial charge is 0.305 e. The highest BCUT2D eigenvalue weighted by atomic mass is 16.1. The van der Waals surface area contributed by atoms with Gasteiger partial charge in [0.2, 0.25) is 0 Å². The number of hydrogen-bond acceptors (Lipinski definition) is 5. The number of carbonyl (C=O) groups is 1. The Morgan fingerprint density at radius 2 is 2.17 bits per heavy atom. The fourth-order valence-corrected chi connectivity index (χ4v) is 2.52. The van der Waals surface area contributed by atoms with Crippen molar-refractivity contribution in [1.29, 1.82) is 5.26 Å². The van der Waals surface area contributed by atoms with Gasteiger partial charge in [-0.1, -0.05) is 0 Å². The monoisotopic (exact) mass is 309 g/mol. The molecule has 3 rings (SSSR count). The first-order valence-corrected chi connectivity index (χ1v) is 7.02. The van der Waals surface area contributed by atoms with Gasteiger partial charge >= 0.3 is 0 Å². The number of rotatable bonds is 3. The van der Waals surface area contributed by atoms with E-state index in [4.69, 9.17) is 5.26 Å². The second-order valence-corrected chi connectivity index (χ2v) is 5.23. The molecule has 0 aliphatic carbocycles. The van der Waals surface area contributed by atoms with Gasteiger partial charge < -0.3 is 5.32 Å². The highest BCUT2D eigenvalue weighted by Crippen LogP contribution is 2.22. The lowest BCUT2D eigenvalue weighted by Crippen LogP contribution is -2.14. The van der Waals surface area contributed by atoms with Crippen molar-refractivity contribution in [2.45, 2.75) is 20.4 Å². The summed E-state index contributed by atoms with van der Waals surface area (Å²) in [7, 11) is 1.80. The van der Waals surface area contributed by atoms with Gasteiger partial charge in [-0.15, -0.1) is 0 Å². The van der Waals surface area contributed by atoms with Crippen molar-refractivity contribution in [2.75, 3.05) is 5.32 Å². The van der Waals surface area contributed by atoms with Crippen molar-refractivity contribution < 1.29 is 4.79 Å². The molecule has 0 atom stereocenters. The standard InChI is InChI=1S/C15H15N7O/c1-9-8-11(13-10(2)19-21(3)14(13)17-9)15(23)18-12-4-6-22(20-12)7-5-16/h4,6,8H,7H2,1-3H3,(H,18,20,23). The van der Waals surface area contributed by atoms with Crippen LogP contribution in [0.2, 0.25) is 0 Å². The van der Waals surface area contributed by atoms with Crippen LogP contribution < -0.4 is 5.32 Å². The molecule has 1 N–H and O–H groups in total. The van der Waals surface area contributed by atoms with Gasteiger partial charge in [-0.3, -0.25) is 14.2 Å². The minimum atomic E-state index is -0.279. The summed E-state index contributed by atoms with van der Waals surface area (Å²) in [6.07, 6.45) is 1.64. The summed E-state index contributed by atoms with van der Waals surface area (Å²) in [5.74, 6) is 0.119. The zero-order chi connectivity index (χ0) is 16.6. The Morgan fingerprint density at radius 3 is 2.91 bits per heavy atom. The van der Waals surface area contributed by atoms with Crippen molar-refractivity contribution in [2.24, 2.45) is 7.05 Å². The Kier molecular flexibility index (Phi) is 3.54. The average Bonchev–Trinajstić information content (AvgIpc) is 3.04. The maximum Gasteiger partial charge on any atom is 0.257 e. The quantitative estimate of drug-likeness (QED) is 0.791. The number of fused-ring (bicyclic) bond motifs is 1. The number of nitriles is 1. The fourth-order valence-electron chi connectivity index (χ4n) is 2.52. The summed E-state index contributed by atoms with van der Waals surface area (Å²) in [5, 5.41) is 20.6. The van der Waals surface area contributed by atoms with Crippen LogP contribution in [0.15, 0.2) is 18.3 Å². The Hall–Kier alpha value is -3.21. The Morgan fingerprint density at radius 1 is 1.39 bits per heavy atom. The molecule has 0 bridgehead atoms. The van der Waals surface area contributed by atoms with Gasteiger partial charge in [0.25, 0.3) is 5.91 Å². The first-order chi connectivity index (χ1) is 11.0. The second kappa shape index (κ2) is 5.53. The van der Waals surface area contributed by atoms with Gasteiger partial charge in [0, 0.05) is 25.0 Å². The summed E-state index contributed by atoms with van der Waals surface area (Å²) in [6.45, 7) is 3.81. The Bertz CT molecular complexity index is 945. The molecule has 0 aliphatic heterocycles. The average molecular weight is 309 g/mol. The maximum atomic E-state index is 12.6. The molecule has 0 aromatic carbocycles. The summed E-state index contributed by atoms with van der Waals surface area (Å²) < 4.78 is 3.12. The summed E-state index contributed by atoms with van der Waals surface area (Å²) >= 11 is 0. The van der Waals surface area contributed by atoms with Gasteiger partial charge in [-0.2, -0.15) is 15.5 Å². The van der Waals surface area contributed by atoms with Crippen LogP contribution in [-0.2, 0) is 13.6 Å². The predicted molar refractivity (Wildman–Crippen MR) is 83.8 cm³/mol. The number of hydrogen-bond donors (Lipinski definition) is 1. The van der Waals surface area contributed by atoms with Crippen molar-refractivity contribution in [3.8, 4) is 6.07 Å². The van der Waals surface area contributed by atoms with E-state index >= 15 is 0 Å². The zero-order valence-electron chi connectivity index (χ0n) is 13.0. The van der Waals surface area contributed by atoms with E-state index in [0.717, 1.165) is 16.8 Å². The van der Waals surface area contributed by atoms with Gasteiger partial charge in [0.15, 0.2) is 11.5 Å². The van der Waals surface area contributed by atoms with E-state index in [1.807, 2.05) is 19.9 Å². The van der Waals surface area contributed by atoms with Crippen LogP contribution in [0.3, 0.4) is 0 Å². The first-order valence-electron chi connectivity index (χ1n) is 7.02. The van der Waals surface area contributed by atoms with Crippen molar-refractivity contribution >= 4 is 22.8 Å². The van der Waals surface area contributed by atoms with Crippen molar-refractivity contribution in [3.63, 3.8) is 0 Å². The molecule has 8 nitrogen and oxygen atoms in total. The molecule has 0 fully saturated rings. The first kappa shape index (κ1) is 14.7. The molecule has 0 spiro atoms. The van der Waals surface area contributed by atoms with Crippen LogP contribution in [0, 0.1) is 25.2 Å². The van der Waals surface area contributed by atoms with Crippen molar-refractivity contribution in [1.82, 2.24) is 24.5 Å². The van der Waals surface area contributed by atoms with Gasteiger partial charge in [-0.25, -0.2) is 4.98 Å². The number of nitrogens with zero attached hydrogens (tertiary/aromatic N) is 6. The van der Waals surface area contributed by atoms with Gasteiger partial charge in [0.05, 0.1) is 22.7 Å². The van der Waals surface area contributed by atoms with E-state index in [1.165, 1.54) is 4.68 Å². The summed E-state index contributed by atoms with van der Waals surface area (Å²) in [6, 6.07) is 5.38. The summed E-state index contributed by atoms with van der Waals surface area (Å²) in [5.41, 5.74) is 2.66. The fraction of sp³-hybridized carbons (Fsp3) is 0.267. The topological polar surface area (TPSA) is 101 Å². The number of pyridine rings is 1. The molecule has 116 valence electrons. The second-order valence-electron chi connectivity index (χ2n) is 5.23. The molecule has 3 heterocycles. The zero-order valence-corrected chi connectivity index (χ0v) is 13.0. The maximum absolute atomic E-state index is 12.6. The molecule has 3 aromatic rings. The van der Waals surface area contributed by atoms with Crippen LogP contribution in [-0.4, -0.2) is 30.5 Å². The number of amides is 1. The molecule has 0 radical (unpaired) electrons. The molecular formula is C15H15N7O. The molecule has 1 amide bonds. The lowest BCUT2D eigenvalue weighted by Gasteiger charge is -2.06. The minimum absolute atomic E-state index is 0.135. The van der Waals surface area contributed by atoms with Crippen LogP contribution in [0.1, 0.15) is 21.7 Å². The van der Waals surface area contributed by atoms with E-state index in [2.05, 4.69) is 20.5 Å². The van der Waals surface area contributed by atoms with E-state index in [9.17, 15) is 4.79 Å². The number of aromatic nitrogens is 5. The molecule has 23 heavy (non-hydrogen) atoms. The van der Waals surface area contributed by atoms with Crippen LogP contribution in [0.25, 0.3) is 11.0 Å². The van der Waals surface area contributed by atoms with E-state index in [0.29, 0.717) is 17.0 Å². The van der Waals surface area contributed by atoms with Crippen LogP contribution >= 0.6 is 0 Å². The molecule has 0 aliphatic rings. The van der Waals surface area contributed by atoms with Crippen molar-refractivity contribution in [3.05, 3.63) is 35.3 Å². The van der Waals surface area contributed by atoms with E-state index in [-0.39, 0.29) is 12.5 Å². The number of aryl methyl sites for hydroxylation is 3.